The number of amides is 1. The van der Waals surface area contributed by atoms with E-state index in [-0.39, 0.29) is 17.5 Å². The molecule has 1 rings (SSSR count). The van der Waals surface area contributed by atoms with Crippen molar-refractivity contribution in [3.05, 3.63) is 39.9 Å². The van der Waals surface area contributed by atoms with Crippen molar-refractivity contribution >= 4 is 11.6 Å². The van der Waals surface area contributed by atoms with E-state index in [1.807, 2.05) is 19.9 Å². The first kappa shape index (κ1) is 15.1. The molecule has 0 aromatic heterocycles. The molecule has 1 amide bonds. The van der Waals surface area contributed by atoms with Crippen LogP contribution in [0.2, 0.25) is 0 Å². The molecule has 0 atom stereocenters. The van der Waals surface area contributed by atoms with Crippen LogP contribution in [0.15, 0.2) is 24.3 Å². The van der Waals surface area contributed by atoms with Crippen molar-refractivity contribution in [3.8, 4) is 0 Å². The number of nitrogens with zero attached hydrogens (tertiary/aromatic N) is 1. The van der Waals surface area contributed by atoms with Gasteiger partial charge in [0.25, 0.3) is 5.69 Å². The highest BCUT2D eigenvalue weighted by Gasteiger charge is 2.06. The van der Waals surface area contributed by atoms with Crippen LogP contribution in [0.1, 0.15) is 19.4 Å². The molecule has 0 aliphatic carbocycles. The molecule has 0 saturated carbocycles. The molecule has 0 spiro atoms. The SMILES string of the molecule is CC(C)C(=O)NCCNCc1cccc([N+](=O)[O-])c1. The number of carbonyl (C=O) groups excluding carboxylic acids is 1. The number of nitrogens with one attached hydrogen (secondary N) is 2. The summed E-state index contributed by atoms with van der Waals surface area (Å²) in [6.07, 6.45) is 0. The summed E-state index contributed by atoms with van der Waals surface area (Å²) in [5, 5.41) is 16.5. The van der Waals surface area contributed by atoms with Crippen LogP contribution in [0, 0.1) is 16.0 Å². The maximum atomic E-state index is 11.3. The first-order valence-electron chi connectivity index (χ1n) is 6.22. The number of nitro groups is 1. The lowest BCUT2D eigenvalue weighted by Crippen LogP contribution is -2.34. The average Bonchev–Trinajstić information content (AvgIpc) is 2.38. The van der Waals surface area contributed by atoms with Gasteiger partial charge in [-0.3, -0.25) is 14.9 Å². The molecule has 0 unspecified atom stereocenters. The van der Waals surface area contributed by atoms with E-state index in [1.54, 1.807) is 12.1 Å². The summed E-state index contributed by atoms with van der Waals surface area (Å²) in [6, 6.07) is 6.49. The molecule has 19 heavy (non-hydrogen) atoms. The number of hydrogen-bond donors (Lipinski definition) is 2. The van der Waals surface area contributed by atoms with Gasteiger partial charge in [0, 0.05) is 37.7 Å². The second kappa shape index (κ2) is 7.48. The smallest absolute Gasteiger partial charge is 0.269 e. The van der Waals surface area contributed by atoms with Crippen LogP contribution < -0.4 is 10.6 Å². The zero-order valence-electron chi connectivity index (χ0n) is 11.2. The van der Waals surface area contributed by atoms with E-state index in [9.17, 15) is 14.9 Å². The molecular weight excluding hydrogens is 246 g/mol. The monoisotopic (exact) mass is 265 g/mol. The summed E-state index contributed by atoms with van der Waals surface area (Å²) in [4.78, 5) is 21.5. The van der Waals surface area contributed by atoms with Gasteiger partial charge in [0.05, 0.1) is 4.92 Å². The van der Waals surface area contributed by atoms with Crippen molar-refractivity contribution in [2.24, 2.45) is 5.92 Å². The Morgan fingerprint density at radius 2 is 2.11 bits per heavy atom. The molecule has 0 bridgehead atoms. The van der Waals surface area contributed by atoms with E-state index in [0.29, 0.717) is 19.6 Å². The van der Waals surface area contributed by atoms with Crippen LogP contribution in [-0.4, -0.2) is 23.9 Å². The minimum atomic E-state index is -0.410. The Balaban J connectivity index is 2.28. The second-order valence-electron chi connectivity index (χ2n) is 4.55. The third kappa shape index (κ3) is 5.48. The van der Waals surface area contributed by atoms with Crippen LogP contribution in [0.5, 0.6) is 0 Å². The third-order valence-electron chi connectivity index (χ3n) is 2.58. The molecule has 1 aromatic carbocycles. The van der Waals surface area contributed by atoms with Crippen molar-refractivity contribution in [2.75, 3.05) is 13.1 Å². The van der Waals surface area contributed by atoms with E-state index >= 15 is 0 Å². The molecule has 1 aromatic rings. The average molecular weight is 265 g/mol. The van der Waals surface area contributed by atoms with Gasteiger partial charge in [-0.25, -0.2) is 0 Å². The van der Waals surface area contributed by atoms with Crippen molar-refractivity contribution in [2.45, 2.75) is 20.4 Å². The molecular formula is C13H19N3O3. The molecule has 0 saturated heterocycles. The van der Waals surface area contributed by atoms with Crippen molar-refractivity contribution < 1.29 is 9.72 Å². The van der Waals surface area contributed by atoms with Crippen LogP contribution in [-0.2, 0) is 11.3 Å². The third-order valence-corrected chi connectivity index (χ3v) is 2.58. The number of benzene rings is 1. The lowest BCUT2D eigenvalue weighted by molar-refractivity contribution is -0.384. The highest BCUT2D eigenvalue weighted by Crippen LogP contribution is 2.12. The standard InChI is InChI=1S/C13H19N3O3/c1-10(2)13(17)15-7-6-14-9-11-4-3-5-12(8-11)16(18)19/h3-5,8,10,14H,6-7,9H2,1-2H3,(H,15,17). The Labute approximate surface area is 112 Å². The van der Waals surface area contributed by atoms with E-state index in [4.69, 9.17) is 0 Å². The van der Waals surface area contributed by atoms with Crippen LogP contribution in [0.25, 0.3) is 0 Å². The fourth-order valence-corrected chi connectivity index (χ4v) is 1.49. The molecule has 0 fully saturated rings. The fraction of sp³-hybridized carbons (Fsp3) is 0.462. The van der Waals surface area contributed by atoms with Gasteiger partial charge >= 0.3 is 0 Å². The zero-order chi connectivity index (χ0) is 14.3. The van der Waals surface area contributed by atoms with Crippen LogP contribution in [0.4, 0.5) is 5.69 Å². The van der Waals surface area contributed by atoms with Gasteiger partial charge in [-0.15, -0.1) is 0 Å². The number of non-ortho nitro benzene ring substituents is 1. The van der Waals surface area contributed by atoms with Gasteiger partial charge in [-0.05, 0) is 5.56 Å². The summed E-state index contributed by atoms with van der Waals surface area (Å²) in [6.45, 7) is 5.39. The minimum absolute atomic E-state index is 0.0169. The molecule has 6 heteroatoms. The van der Waals surface area contributed by atoms with Gasteiger partial charge in [0.1, 0.15) is 0 Å². The molecule has 104 valence electrons. The Morgan fingerprint density at radius 1 is 1.37 bits per heavy atom. The molecule has 0 heterocycles. The summed E-state index contributed by atoms with van der Waals surface area (Å²) in [5.74, 6) is 0.00826. The first-order valence-corrected chi connectivity index (χ1v) is 6.22. The predicted molar refractivity (Wildman–Crippen MR) is 72.7 cm³/mol. The maximum Gasteiger partial charge on any atom is 0.269 e. The van der Waals surface area contributed by atoms with Crippen molar-refractivity contribution in [1.29, 1.82) is 0 Å². The minimum Gasteiger partial charge on any atom is -0.355 e. The van der Waals surface area contributed by atoms with E-state index in [2.05, 4.69) is 10.6 Å². The van der Waals surface area contributed by atoms with Crippen molar-refractivity contribution in [3.63, 3.8) is 0 Å². The van der Waals surface area contributed by atoms with Crippen molar-refractivity contribution in [1.82, 2.24) is 10.6 Å². The Kier molecular flexibility index (Phi) is 5.95. The fourth-order valence-electron chi connectivity index (χ4n) is 1.49. The number of rotatable bonds is 7. The predicted octanol–water partition coefficient (Wildman–Crippen LogP) is 1.46. The second-order valence-corrected chi connectivity index (χ2v) is 4.55. The Hall–Kier alpha value is -1.95. The number of carbonyl (C=O) groups is 1. The Bertz CT molecular complexity index is 447. The summed E-state index contributed by atoms with van der Waals surface area (Å²) >= 11 is 0. The first-order chi connectivity index (χ1) is 9.00. The van der Waals surface area contributed by atoms with E-state index in [0.717, 1.165) is 5.56 Å². The van der Waals surface area contributed by atoms with Gasteiger partial charge < -0.3 is 10.6 Å². The van der Waals surface area contributed by atoms with Gasteiger partial charge in [0.15, 0.2) is 0 Å². The number of nitro benzene ring substituents is 1. The van der Waals surface area contributed by atoms with E-state index < -0.39 is 4.92 Å². The Morgan fingerprint density at radius 3 is 2.74 bits per heavy atom. The number of hydrogen-bond acceptors (Lipinski definition) is 4. The topological polar surface area (TPSA) is 84.3 Å². The van der Waals surface area contributed by atoms with Gasteiger partial charge in [0.2, 0.25) is 5.91 Å². The molecule has 6 nitrogen and oxygen atoms in total. The zero-order valence-corrected chi connectivity index (χ0v) is 11.2. The normalized spacial score (nSPS) is 10.5. The summed E-state index contributed by atoms with van der Waals surface area (Å²) in [7, 11) is 0. The lowest BCUT2D eigenvalue weighted by Gasteiger charge is -2.08. The van der Waals surface area contributed by atoms with Crippen LogP contribution >= 0.6 is 0 Å². The lowest BCUT2D eigenvalue weighted by atomic mass is 10.2. The molecule has 0 aliphatic rings. The molecule has 0 aliphatic heterocycles. The highest BCUT2D eigenvalue weighted by molar-refractivity contribution is 5.77. The van der Waals surface area contributed by atoms with Gasteiger partial charge in [-0.2, -0.15) is 0 Å². The molecule has 0 radical (unpaired) electrons. The quantitative estimate of drug-likeness (QED) is 0.444. The van der Waals surface area contributed by atoms with Crippen LogP contribution in [0.3, 0.4) is 0 Å². The van der Waals surface area contributed by atoms with E-state index in [1.165, 1.54) is 6.07 Å². The largest absolute Gasteiger partial charge is 0.355 e. The highest BCUT2D eigenvalue weighted by atomic mass is 16.6. The molecule has 2 N–H and O–H groups in total. The summed E-state index contributed by atoms with van der Waals surface area (Å²) in [5.41, 5.74) is 0.941. The van der Waals surface area contributed by atoms with Gasteiger partial charge in [-0.1, -0.05) is 26.0 Å². The summed E-state index contributed by atoms with van der Waals surface area (Å²) < 4.78 is 0. The maximum absolute atomic E-state index is 11.3.